The number of nitrogens with zero attached hydrogens (tertiary/aromatic N) is 4. The fourth-order valence-electron chi connectivity index (χ4n) is 4.39. The number of aliphatic hydroxyl groups excluding tert-OH is 2. The molecule has 14 nitrogen and oxygen atoms in total. The quantitative estimate of drug-likeness (QED) is 0.216. The van der Waals surface area contributed by atoms with Crippen LogP contribution in [0, 0.1) is 0 Å². The van der Waals surface area contributed by atoms with E-state index < -0.39 is 60.5 Å². The zero-order valence-electron chi connectivity index (χ0n) is 22.7. The summed E-state index contributed by atoms with van der Waals surface area (Å²) in [7, 11) is 0. The molecule has 224 valence electrons. The van der Waals surface area contributed by atoms with Gasteiger partial charge in [-0.2, -0.15) is 0 Å². The molecular weight excluding hydrogens is 576 g/mol. The molecule has 0 spiro atoms. The molecule has 5 rings (SSSR count). The molecule has 1 aliphatic rings. The number of carbonyl (C=O) groups excluding carboxylic acids is 4. The summed E-state index contributed by atoms with van der Waals surface area (Å²) in [4.78, 5) is 68.0. The number of aromatic nitrogens is 4. The number of hydrogen-bond acceptors (Lipinski definition) is 14. The van der Waals surface area contributed by atoms with Gasteiger partial charge in [0.2, 0.25) is 0 Å². The molecule has 4 aromatic heterocycles. The van der Waals surface area contributed by atoms with Crippen molar-refractivity contribution in [1.82, 2.24) is 19.9 Å². The maximum atomic E-state index is 13.2. The van der Waals surface area contributed by atoms with Crippen LogP contribution in [0.2, 0.25) is 0 Å². The van der Waals surface area contributed by atoms with E-state index in [4.69, 9.17) is 18.9 Å². The molecule has 1 fully saturated rings. The third-order valence-corrected chi connectivity index (χ3v) is 6.56. The number of esters is 4. The minimum Gasteiger partial charge on any atom is -0.452 e. The van der Waals surface area contributed by atoms with Gasteiger partial charge in [0.05, 0.1) is 22.3 Å². The normalized spacial score (nSPS) is 22.7. The smallest absolute Gasteiger partial charge is 0.340 e. The van der Waals surface area contributed by atoms with Crippen molar-refractivity contribution in [3.05, 3.63) is 120 Å². The summed E-state index contributed by atoms with van der Waals surface area (Å²) in [6, 6.07) is 11.4. The van der Waals surface area contributed by atoms with Crippen LogP contribution in [0.15, 0.2) is 98.1 Å². The van der Waals surface area contributed by atoms with Gasteiger partial charge in [-0.15, -0.1) is 0 Å². The highest BCUT2D eigenvalue weighted by Gasteiger charge is 2.57. The van der Waals surface area contributed by atoms with E-state index in [1.54, 1.807) is 0 Å². The second kappa shape index (κ2) is 13.6. The molecule has 0 aromatic carbocycles. The van der Waals surface area contributed by atoms with Gasteiger partial charge in [-0.25, -0.2) is 19.2 Å². The van der Waals surface area contributed by atoms with Crippen molar-refractivity contribution in [3.8, 4) is 0 Å². The lowest BCUT2D eigenvalue weighted by Crippen LogP contribution is -2.67. The maximum absolute atomic E-state index is 13.2. The van der Waals surface area contributed by atoms with Crippen LogP contribution in [-0.4, -0.2) is 90.6 Å². The van der Waals surface area contributed by atoms with Crippen molar-refractivity contribution in [2.45, 2.75) is 36.6 Å². The Hall–Kier alpha value is -5.60. The third-order valence-electron chi connectivity index (χ3n) is 6.56. The van der Waals surface area contributed by atoms with Crippen LogP contribution in [0.25, 0.3) is 0 Å². The van der Waals surface area contributed by atoms with Crippen molar-refractivity contribution >= 4 is 23.9 Å². The molecule has 0 saturated heterocycles. The van der Waals surface area contributed by atoms with Crippen LogP contribution in [0.5, 0.6) is 0 Å². The van der Waals surface area contributed by atoms with Gasteiger partial charge in [-0.05, 0) is 48.5 Å². The standard InChI is InChI=1S/C30H24N4O10/c35-21-22(36)24(42-28(38)18-6-2-10-32-14-18)26(44-30(40)20-8-4-12-34-16-20)25(43-29(39)19-7-3-11-33-15-19)23(21)41-27(37)17-5-1-9-31-13-17/h1-16,21-26,35-36H/t21-,22+,23-,24-,25+,26+/m1/s1. The molecule has 0 radical (unpaired) electrons. The minimum absolute atomic E-state index is 0.0273. The number of rotatable bonds is 8. The highest BCUT2D eigenvalue weighted by molar-refractivity contribution is 5.91. The largest absolute Gasteiger partial charge is 0.452 e. The monoisotopic (exact) mass is 600 g/mol. The summed E-state index contributed by atoms with van der Waals surface area (Å²) in [6.07, 6.45) is -0.790. The zero-order chi connectivity index (χ0) is 31.1. The van der Waals surface area contributed by atoms with Crippen molar-refractivity contribution < 1.29 is 48.3 Å². The Balaban J connectivity index is 1.55. The molecule has 4 aromatic rings. The predicted octanol–water partition coefficient (Wildman–Crippen LogP) is 1.20. The third kappa shape index (κ3) is 6.72. The summed E-state index contributed by atoms with van der Waals surface area (Å²) >= 11 is 0. The molecule has 44 heavy (non-hydrogen) atoms. The van der Waals surface area contributed by atoms with E-state index in [0.29, 0.717) is 0 Å². The number of ether oxygens (including phenoxy) is 4. The van der Waals surface area contributed by atoms with E-state index in [0.717, 1.165) is 0 Å². The first-order valence-electron chi connectivity index (χ1n) is 13.1. The summed E-state index contributed by atoms with van der Waals surface area (Å²) in [6.45, 7) is 0. The molecule has 2 N–H and O–H groups in total. The first-order chi connectivity index (χ1) is 21.3. The summed E-state index contributed by atoms with van der Waals surface area (Å²) < 4.78 is 22.4. The van der Waals surface area contributed by atoms with Crippen LogP contribution in [0.4, 0.5) is 0 Å². The Morgan fingerprint density at radius 3 is 0.932 bits per heavy atom. The Morgan fingerprint density at radius 1 is 0.455 bits per heavy atom. The number of hydrogen-bond donors (Lipinski definition) is 2. The van der Waals surface area contributed by atoms with Gasteiger partial charge in [0.15, 0.2) is 24.4 Å². The molecule has 0 bridgehead atoms. The summed E-state index contributed by atoms with van der Waals surface area (Å²) in [5.74, 6) is -4.01. The second-order valence-corrected chi connectivity index (χ2v) is 9.43. The molecule has 1 aliphatic carbocycles. The highest BCUT2D eigenvalue weighted by Crippen LogP contribution is 2.32. The molecular formula is C30H24N4O10. The van der Waals surface area contributed by atoms with Crippen molar-refractivity contribution in [3.63, 3.8) is 0 Å². The van der Waals surface area contributed by atoms with Gasteiger partial charge < -0.3 is 29.2 Å². The topological polar surface area (TPSA) is 197 Å². The number of pyridine rings is 4. The average molecular weight is 601 g/mol. The van der Waals surface area contributed by atoms with Gasteiger partial charge in [-0.3, -0.25) is 19.9 Å². The molecule has 14 heteroatoms. The zero-order valence-corrected chi connectivity index (χ0v) is 22.7. The van der Waals surface area contributed by atoms with Gasteiger partial charge >= 0.3 is 23.9 Å². The Morgan fingerprint density at radius 2 is 0.705 bits per heavy atom. The van der Waals surface area contributed by atoms with E-state index in [1.807, 2.05) is 0 Å². The van der Waals surface area contributed by atoms with E-state index in [-0.39, 0.29) is 22.3 Å². The summed E-state index contributed by atoms with van der Waals surface area (Å²) in [5.41, 5.74) is -0.125. The summed E-state index contributed by atoms with van der Waals surface area (Å²) in [5, 5.41) is 22.4. The fourth-order valence-corrected chi connectivity index (χ4v) is 4.39. The van der Waals surface area contributed by atoms with Crippen molar-refractivity contribution in [2.24, 2.45) is 0 Å². The van der Waals surface area contributed by atoms with Crippen molar-refractivity contribution in [1.29, 1.82) is 0 Å². The predicted molar refractivity (Wildman–Crippen MR) is 146 cm³/mol. The average Bonchev–Trinajstić information content (AvgIpc) is 3.08. The molecule has 1 saturated carbocycles. The molecule has 4 heterocycles. The van der Waals surface area contributed by atoms with Crippen LogP contribution < -0.4 is 0 Å². The Kier molecular flexibility index (Phi) is 9.22. The lowest BCUT2D eigenvalue weighted by Gasteiger charge is -2.45. The van der Waals surface area contributed by atoms with Gasteiger partial charge in [0.1, 0.15) is 12.2 Å². The Labute approximate surface area is 249 Å². The minimum atomic E-state index is -2.00. The van der Waals surface area contributed by atoms with Crippen LogP contribution in [0.3, 0.4) is 0 Å². The molecule has 0 aliphatic heterocycles. The number of carbonyl (C=O) groups is 4. The SMILES string of the molecule is O=C(O[C@@H]1[C@@H](OC(=O)c2cccnc2)[C@H](OC(=O)c2cccnc2)[C@@H](O)[C@@H](O)[C@H]1OC(=O)c1cccnc1)c1cccnc1. The van der Waals surface area contributed by atoms with E-state index >= 15 is 0 Å². The first kappa shape index (κ1) is 29.9. The lowest BCUT2D eigenvalue weighted by atomic mass is 9.84. The number of aliphatic hydroxyl groups is 2. The van der Waals surface area contributed by atoms with Crippen LogP contribution >= 0.6 is 0 Å². The van der Waals surface area contributed by atoms with Crippen LogP contribution in [0.1, 0.15) is 41.4 Å². The van der Waals surface area contributed by atoms with Gasteiger partial charge in [0, 0.05) is 49.6 Å². The lowest BCUT2D eigenvalue weighted by molar-refractivity contribution is -0.223. The fraction of sp³-hybridized carbons (Fsp3) is 0.200. The van der Waals surface area contributed by atoms with E-state index in [2.05, 4.69) is 19.9 Å². The van der Waals surface area contributed by atoms with Crippen LogP contribution in [-0.2, 0) is 18.9 Å². The van der Waals surface area contributed by atoms with E-state index in [9.17, 15) is 29.4 Å². The second-order valence-electron chi connectivity index (χ2n) is 9.43. The molecule has 0 unspecified atom stereocenters. The molecule has 6 atom stereocenters. The Bertz CT molecular complexity index is 1470. The van der Waals surface area contributed by atoms with E-state index in [1.165, 1.54) is 98.1 Å². The highest BCUT2D eigenvalue weighted by atomic mass is 16.6. The van der Waals surface area contributed by atoms with Gasteiger partial charge in [0.25, 0.3) is 0 Å². The van der Waals surface area contributed by atoms with Crippen molar-refractivity contribution in [2.75, 3.05) is 0 Å². The maximum Gasteiger partial charge on any atom is 0.340 e. The first-order valence-corrected chi connectivity index (χ1v) is 13.1. The molecule has 0 amide bonds. The van der Waals surface area contributed by atoms with Gasteiger partial charge in [-0.1, -0.05) is 0 Å².